The zero-order chi connectivity index (χ0) is 16.3. The maximum absolute atomic E-state index is 13.4. The molecule has 0 saturated heterocycles. The highest BCUT2D eigenvalue weighted by Gasteiger charge is 2.18. The van der Waals surface area contributed by atoms with E-state index < -0.39 is 21.7 Å². The number of nitrogens with one attached hydrogen (secondary N) is 1. The number of nitrogens with zero attached hydrogens (tertiary/aromatic N) is 1. The van der Waals surface area contributed by atoms with Gasteiger partial charge in [0.1, 0.15) is 5.82 Å². The fourth-order valence-corrected chi connectivity index (χ4v) is 2.36. The lowest BCUT2D eigenvalue weighted by Gasteiger charge is -2.20. The van der Waals surface area contributed by atoms with Crippen LogP contribution < -0.4 is 9.62 Å². The van der Waals surface area contributed by atoms with Gasteiger partial charge >= 0.3 is 0 Å². The van der Waals surface area contributed by atoms with Gasteiger partial charge in [-0.1, -0.05) is 18.2 Å². The third-order valence-corrected chi connectivity index (χ3v) is 4.27. The predicted molar refractivity (Wildman–Crippen MR) is 84.0 cm³/mol. The Morgan fingerprint density at radius 2 is 1.77 bits per heavy atom. The SMILES string of the molecule is CN(c1ccc(F)cc1NC(=O)c1ccccc1)S(C)(=O)=O. The molecule has 7 heteroatoms. The molecule has 0 aliphatic heterocycles. The molecule has 0 radical (unpaired) electrons. The average molecular weight is 322 g/mol. The van der Waals surface area contributed by atoms with E-state index in [9.17, 15) is 17.6 Å². The molecule has 5 nitrogen and oxygen atoms in total. The summed E-state index contributed by atoms with van der Waals surface area (Å²) in [4.78, 5) is 12.1. The molecule has 2 rings (SSSR count). The number of carbonyl (C=O) groups excluding carboxylic acids is 1. The van der Waals surface area contributed by atoms with Gasteiger partial charge in [-0.2, -0.15) is 0 Å². The number of amides is 1. The van der Waals surface area contributed by atoms with Crippen molar-refractivity contribution in [1.82, 2.24) is 0 Å². The van der Waals surface area contributed by atoms with Crippen LogP contribution in [0.25, 0.3) is 0 Å². The van der Waals surface area contributed by atoms with Gasteiger partial charge in [0.2, 0.25) is 10.0 Å². The molecular formula is C15H15FN2O3S. The smallest absolute Gasteiger partial charge is 0.255 e. The lowest BCUT2D eigenvalue weighted by Crippen LogP contribution is -2.26. The van der Waals surface area contributed by atoms with Crippen molar-refractivity contribution in [3.8, 4) is 0 Å². The molecule has 2 aromatic rings. The summed E-state index contributed by atoms with van der Waals surface area (Å²) in [5.74, 6) is -1.02. The van der Waals surface area contributed by atoms with Gasteiger partial charge < -0.3 is 5.32 Å². The second-order valence-corrected chi connectivity index (χ2v) is 6.73. The highest BCUT2D eigenvalue weighted by molar-refractivity contribution is 7.92. The van der Waals surface area contributed by atoms with Gasteiger partial charge in [0, 0.05) is 12.6 Å². The maximum atomic E-state index is 13.4. The van der Waals surface area contributed by atoms with Gasteiger partial charge in [0.05, 0.1) is 17.6 Å². The summed E-state index contributed by atoms with van der Waals surface area (Å²) in [5, 5.41) is 2.54. The van der Waals surface area contributed by atoms with E-state index in [4.69, 9.17) is 0 Å². The van der Waals surface area contributed by atoms with Gasteiger partial charge in [-0.25, -0.2) is 12.8 Å². The van der Waals surface area contributed by atoms with Crippen LogP contribution >= 0.6 is 0 Å². The van der Waals surface area contributed by atoms with Gasteiger partial charge in [-0.15, -0.1) is 0 Å². The molecule has 0 heterocycles. The van der Waals surface area contributed by atoms with E-state index in [0.717, 1.165) is 22.7 Å². The van der Waals surface area contributed by atoms with Crippen LogP contribution in [0.5, 0.6) is 0 Å². The molecule has 0 unspecified atom stereocenters. The Balaban J connectivity index is 2.38. The molecule has 0 bridgehead atoms. The second kappa shape index (κ2) is 6.15. The van der Waals surface area contributed by atoms with E-state index in [2.05, 4.69) is 5.32 Å². The molecule has 1 amide bonds. The first-order valence-electron chi connectivity index (χ1n) is 6.39. The fourth-order valence-electron chi connectivity index (χ4n) is 1.85. The van der Waals surface area contributed by atoms with Crippen LogP contribution in [0.4, 0.5) is 15.8 Å². The van der Waals surface area contributed by atoms with Crippen LogP contribution in [0.3, 0.4) is 0 Å². The molecule has 0 fully saturated rings. The molecule has 116 valence electrons. The summed E-state index contributed by atoms with van der Waals surface area (Å²) in [5.41, 5.74) is 0.662. The normalized spacial score (nSPS) is 11.0. The third-order valence-electron chi connectivity index (χ3n) is 3.08. The van der Waals surface area contributed by atoms with Crippen molar-refractivity contribution in [1.29, 1.82) is 0 Å². The van der Waals surface area contributed by atoms with Crippen LogP contribution in [-0.4, -0.2) is 27.6 Å². The lowest BCUT2D eigenvalue weighted by atomic mass is 10.2. The van der Waals surface area contributed by atoms with E-state index in [1.807, 2.05) is 0 Å². The summed E-state index contributed by atoms with van der Waals surface area (Å²) < 4.78 is 37.7. The summed E-state index contributed by atoms with van der Waals surface area (Å²) in [6.45, 7) is 0. The van der Waals surface area contributed by atoms with E-state index in [1.54, 1.807) is 30.3 Å². The standard InChI is InChI=1S/C15H15FN2O3S/c1-18(22(2,20)21)14-9-8-12(16)10-13(14)17-15(19)11-6-4-3-5-7-11/h3-10H,1-2H3,(H,17,19). The number of sulfonamides is 1. The summed E-state index contributed by atoms with van der Waals surface area (Å²) in [6, 6.07) is 11.9. The first-order valence-corrected chi connectivity index (χ1v) is 8.24. The largest absolute Gasteiger partial charge is 0.320 e. The lowest BCUT2D eigenvalue weighted by molar-refractivity contribution is 0.102. The Bertz CT molecular complexity index is 792. The first-order chi connectivity index (χ1) is 10.3. The fraction of sp³-hybridized carbons (Fsp3) is 0.133. The topological polar surface area (TPSA) is 66.5 Å². The Kier molecular flexibility index (Phi) is 4.46. The van der Waals surface area contributed by atoms with Crippen molar-refractivity contribution in [3.05, 3.63) is 59.9 Å². The van der Waals surface area contributed by atoms with Gasteiger partial charge in [0.15, 0.2) is 0 Å². The van der Waals surface area contributed by atoms with Crippen molar-refractivity contribution in [3.63, 3.8) is 0 Å². The number of rotatable bonds is 4. The molecular weight excluding hydrogens is 307 g/mol. The number of anilines is 2. The molecule has 0 aromatic heterocycles. The van der Waals surface area contributed by atoms with E-state index in [0.29, 0.717) is 5.56 Å². The Hall–Kier alpha value is -2.41. The Morgan fingerprint density at radius 1 is 1.14 bits per heavy atom. The summed E-state index contributed by atoms with van der Waals surface area (Å²) in [6.07, 6.45) is 1.03. The minimum Gasteiger partial charge on any atom is -0.320 e. The molecule has 0 aliphatic rings. The maximum Gasteiger partial charge on any atom is 0.255 e. The molecule has 1 N–H and O–H groups in total. The highest BCUT2D eigenvalue weighted by atomic mass is 32.2. The van der Waals surface area contributed by atoms with Crippen molar-refractivity contribution >= 4 is 27.3 Å². The number of halogens is 1. The average Bonchev–Trinajstić information content (AvgIpc) is 2.47. The van der Waals surface area contributed by atoms with E-state index >= 15 is 0 Å². The van der Waals surface area contributed by atoms with E-state index in [-0.39, 0.29) is 11.4 Å². The number of hydrogen-bond acceptors (Lipinski definition) is 3. The van der Waals surface area contributed by atoms with Gasteiger partial charge in [0.25, 0.3) is 5.91 Å². The van der Waals surface area contributed by atoms with Crippen LogP contribution in [0, 0.1) is 5.82 Å². The Morgan fingerprint density at radius 3 is 2.36 bits per heavy atom. The minimum atomic E-state index is -3.53. The number of hydrogen-bond donors (Lipinski definition) is 1. The molecule has 0 aliphatic carbocycles. The molecule has 0 spiro atoms. The third kappa shape index (κ3) is 3.62. The van der Waals surface area contributed by atoms with Crippen LogP contribution in [0.15, 0.2) is 48.5 Å². The zero-order valence-electron chi connectivity index (χ0n) is 12.1. The first kappa shape index (κ1) is 16.0. The highest BCUT2D eigenvalue weighted by Crippen LogP contribution is 2.28. The van der Waals surface area contributed by atoms with E-state index in [1.165, 1.54) is 13.1 Å². The number of carbonyl (C=O) groups is 1. The summed E-state index contributed by atoms with van der Waals surface area (Å²) in [7, 11) is -2.20. The van der Waals surface area contributed by atoms with Crippen molar-refractivity contribution in [2.45, 2.75) is 0 Å². The quantitative estimate of drug-likeness (QED) is 0.940. The van der Waals surface area contributed by atoms with Crippen LogP contribution in [0.2, 0.25) is 0 Å². The summed E-state index contributed by atoms with van der Waals surface area (Å²) >= 11 is 0. The van der Waals surface area contributed by atoms with Crippen LogP contribution in [0.1, 0.15) is 10.4 Å². The van der Waals surface area contributed by atoms with Gasteiger partial charge in [-0.05, 0) is 30.3 Å². The molecule has 0 atom stereocenters. The monoisotopic (exact) mass is 322 g/mol. The molecule has 22 heavy (non-hydrogen) atoms. The number of benzene rings is 2. The molecule has 0 saturated carbocycles. The minimum absolute atomic E-state index is 0.0850. The van der Waals surface area contributed by atoms with Crippen LogP contribution in [-0.2, 0) is 10.0 Å². The predicted octanol–water partition coefficient (Wildman–Crippen LogP) is 2.47. The van der Waals surface area contributed by atoms with Crippen molar-refractivity contribution in [2.24, 2.45) is 0 Å². The van der Waals surface area contributed by atoms with Crippen molar-refractivity contribution in [2.75, 3.05) is 22.9 Å². The molecule has 2 aromatic carbocycles. The van der Waals surface area contributed by atoms with Crippen molar-refractivity contribution < 1.29 is 17.6 Å². The Labute approximate surface area is 128 Å². The second-order valence-electron chi connectivity index (χ2n) is 4.71. The van der Waals surface area contributed by atoms with Gasteiger partial charge in [-0.3, -0.25) is 9.10 Å². The zero-order valence-corrected chi connectivity index (χ0v) is 12.9.